The first-order valence-corrected chi connectivity index (χ1v) is 8.84. The molecule has 0 unspecified atom stereocenters. The molecule has 25 heavy (non-hydrogen) atoms. The van der Waals surface area contributed by atoms with Gasteiger partial charge in [0.25, 0.3) is 0 Å². The molecule has 5 nitrogen and oxygen atoms in total. The fourth-order valence-electron chi connectivity index (χ4n) is 3.85. The molecule has 0 spiro atoms. The second kappa shape index (κ2) is 6.48. The number of aromatic nitrogens is 3. The van der Waals surface area contributed by atoms with Crippen molar-refractivity contribution in [1.82, 2.24) is 14.8 Å². The normalized spacial score (nSPS) is 20.3. The molecular weight excluding hydrogens is 312 g/mol. The number of rotatable bonds is 4. The summed E-state index contributed by atoms with van der Waals surface area (Å²) < 4.78 is 8.05. The van der Waals surface area contributed by atoms with Gasteiger partial charge in [-0.15, -0.1) is 0 Å². The minimum atomic E-state index is 0.120. The highest BCUT2D eigenvalue weighted by molar-refractivity contribution is 5.90. The lowest BCUT2D eigenvalue weighted by atomic mass is 9.94. The topological polar surface area (TPSA) is 52.0 Å². The molecule has 4 rings (SSSR count). The number of benzene rings is 1. The number of para-hydroxylation sites is 1. The largest absolute Gasteiger partial charge is 0.384 e. The van der Waals surface area contributed by atoms with Crippen LogP contribution in [0.4, 0.5) is 5.69 Å². The Kier molecular flexibility index (Phi) is 4.17. The summed E-state index contributed by atoms with van der Waals surface area (Å²) in [5.41, 5.74) is 5.68. The van der Waals surface area contributed by atoms with E-state index in [1.165, 1.54) is 11.3 Å². The Hall–Kier alpha value is -2.40. The summed E-state index contributed by atoms with van der Waals surface area (Å²) in [6, 6.07) is 10.3. The van der Waals surface area contributed by atoms with Crippen LogP contribution in [-0.2, 0) is 11.8 Å². The number of hydrogen-bond donors (Lipinski definition) is 1. The molecule has 3 heterocycles. The van der Waals surface area contributed by atoms with Crippen molar-refractivity contribution in [2.24, 2.45) is 13.0 Å². The van der Waals surface area contributed by atoms with Crippen molar-refractivity contribution >= 4 is 16.6 Å². The summed E-state index contributed by atoms with van der Waals surface area (Å²) in [7, 11) is 2.00. The van der Waals surface area contributed by atoms with Crippen molar-refractivity contribution < 1.29 is 4.74 Å². The van der Waals surface area contributed by atoms with Crippen LogP contribution in [0.15, 0.2) is 36.5 Å². The quantitative estimate of drug-likeness (QED) is 0.788. The molecule has 1 saturated heterocycles. The highest BCUT2D eigenvalue weighted by Crippen LogP contribution is 2.38. The molecule has 2 atom stereocenters. The molecule has 130 valence electrons. The van der Waals surface area contributed by atoms with Crippen LogP contribution in [0.5, 0.6) is 0 Å². The summed E-state index contributed by atoms with van der Waals surface area (Å²) >= 11 is 0. The Balaban J connectivity index is 1.56. The highest BCUT2D eigenvalue weighted by Gasteiger charge is 2.33. The van der Waals surface area contributed by atoms with Crippen LogP contribution < -0.4 is 5.32 Å². The number of ether oxygens (including phenoxy) is 1. The molecule has 0 amide bonds. The smallest absolute Gasteiger partial charge is 0.0906 e. The molecule has 1 aliphatic heterocycles. The van der Waals surface area contributed by atoms with Gasteiger partial charge in [-0.25, -0.2) is 0 Å². The van der Waals surface area contributed by atoms with Gasteiger partial charge in [-0.3, -0.25) is 9.67 Å². The van der Waals surface area contributed by atoms with E-state index in [0.717, 1.165) is 41.9 Å². The van der Waals surface area contributed by atoms with E-state index in [0.29, 0.717) is 5.92 Å². The van der Waals surface area contributed by atoms with Gasteiger partial charge in [-0.1, -0.05) is 18.2 Å². The average molecular weight is 336 g/mol. The molecule has 0 bridgehead atoms. The lowest BCUT2D eigenvalue weighted by Gasteiger charge is -2.21. The lowest BCUT2D eigenvalue weighted by Crippen LogP contribution is -2.19. The van der Waals surface area contributed by atoms with Crippen LogP contribution in [0.3, 0.4) is 0 Å². The summed E-state index contributed by atoms with van der Waals surface area (Å²) in [6.45, 7) is 5.89. The van der Waals surface area contributed by atoms with Gasteiger partial charge in [-0.2, -0.15) is 5.10 Å². The van der Waals surface area contributed by atoms with E-state index in [1.807, 2.05) is 36.1 Å². The van der Waals surface area contributed by atoms with Gasteiger partial charge in [0.1, 0.15) is 0 Å². The van der Waals surface area contributed by atoms with Crippen molar-refractivity contribution in [3.63, 3.8) is 0 Å². The second-order valence-electron chi connectivity index (χ2n) is 6.80. The van der Waals surface area contributed by atoms with Crippen LogP contribution in [0, 0.1) is 19.8 Å². The molecule has 0 aliphatic carbocycles. The lowest BCUT2D eigenvalue weighted by molar-refractivity contribution is 0.0922. The zero-order valence-corrected chi connectivity index (χ0v) is 15.0. The molecule has 1 N–H and O–H groups in total. The SMILES string of the molecule is Cc1nn(C)c(C)c1[C@H]1OCC[C@@H]1CNc1ccnc2ccccc12. The van der Waals surface area contributed by atoms with Crippen LogP contribution in [0.2, 0.25) is 0 Å². The maximum absolute atomic E-state index is 6.10. The van der Waals surface area contributed by atoms with E-state index >= 15 is 0 Å². The highest BCUT2D eigenvalue weighted by atomic mass is 16.5. The summed E-state index contributed by atoms with van der Waals surface area (Å²) in [6.07, 6.45) is 3.05. The van der Waals surface area contributed by atoms with E-state index in [1.54, 1.807) is 0 Å². The number of fused-ring (bicyclic) bond motifs is 1. The first-order chi connectivity index (χ1) is 12.1. The van der Waals surface area contributed by atoms with Gasteiger partial charge >= 0.3 is 0 Å². The predicted molar refractivity (Wildman–Crippen MR) is 99.7 cm³/mol. The van der Waals surface area contributed by atoms with Crippen LogP contribution >= 0.6 is 0 Å². The Morgan fingerprint density at radius 3 is 2.88 bits per heavy atom. The number of anilines is 1. The number of pyridine rings is 1. The molecule has 0 radical (unpaired) electrons. The Morgan fingerprint density at radius 2 is 2.08 bits per heavy atom. The number of nitrogens with zero attached hydrogens (tertiary/aromatic N) is 3. The van der Waals surface area contributed by atoms with Crippen molar-refractivity contribution in [2.75, 3.05) is 18.5 Å². The Morgan fingerprint density at radius 1 is 1.24 bits per heavy atom. The third kappa shape index (κ3) is 2.89. The standard InChI is InChI=1S/C20H24N4O/c1-13-19(14(2)24(3)23-13)20-15(9-11-25-20)12-22-18-8-10-21-17-7-5-4-6-16(17)18/h4-8,10,15,20H,9,11-12H2,1-3H3,(H,21,22)/t15-,20+/m1/s1. The Bertz CT molecular complexity index is 897. The van der Waals surface area contributed by atoms with E-state index in [2.05, 4.69) is 41.4 Å². The van der Waals surface area contributed by atoms with E-state index in [4.69, 9.17) is 4.74 Å². The molecule has 0 saturated carbocycles. The molecule has 5 heteroatoms. The Labute approximate surface area is 148 Å². The zero-order chi connectivity index (χ0) is 17.4. The number of hydrogen-bond acceptors (Lipinski definition) is 4. The van der Waals surface area contributed by atoms with Crippen LogP contribution in [-0.4, -0.2) is 27.9 Å². The van der Waals surface area contributed by atoms with Gasteiger partial charge in [0.05, 0.1) is 17.3 Å². The van der Waals surface area contributed by atoms with Crippen LogP contribution in [0.1, 0.15) is 29.5 Å². The van der Waals surface area contributed by atoms with Crippen molar-refractivity contribution in [3.8, 4) is 0 Å². The van der Waals surface area contributed by atoms with Crippen molar-refractivity contribution in [3.05, 3.63) is 53.5 Å². The van der Waals surface area contributed by atoms with Gasteiger partial charge in [0.2, 0.25) is 0 Å². The molecule has 1 fully saturated rings. The average Bonchev–Trinajstić information content (AvgIpc) is 3.17. The van der Waals surface area contributed by atoms with E-state index in [9.17, 15) is 0 Å². The first-order valence-electron chi connectivity index (χ1n) is 8.84. The van der Waals surface area contributed by atoms with Crippen molar-refractivity contribution in [2.45, 2.75) is 26.4 Å². The first kappa shape index (κ1) is 16.1. The van der Waals surface area contributed by atoms with Gasteiger partial charge in [0, 0.05) is 54.6 Å². The predicted octanol–water partition coefficient (Wildman–Crippen LogP) is 3.77. The summed E-state index contributed by atoms with van der Waals surface area (Å²) in [5.74, 6) is 0.438. The van der Waals surface area contributed by atoms with Gasteiger partial charge < -0.3 is 10.1 Å². The minimum Gasteiger partial charge on any atom is -0.384 e. The van der Waals surface area contributed by atoms with Gasteiger partial charge in [-0.05, 0) is 32.4 Å². The fraction of sp³-hybridized carbons (Fsp3) is 0.400. The maximum atomic E-state index is 6.10. The summed E-state index contributed by atoms with van der Waals surface area (Å²) in [5, 5.41) is 9.35. The third-order valence-corrected chi connectivity index (χ3v) is 5.27. The third-order valence-electron chi connectivity index (χ3n) is 5.27. The van der Waals surface area contributed by atoms with Gasteiger partial charge in [0.15, 0.2) is 0 Å². The maximum Gasteiger partial charge on any atom is 0.0906 e. The molecular formula is C20H24N4O. The monoisotopic (exact) mass is 336 g/mol. The van der Waals surface area contributed by atoms with E-state index in [-0.39, 0.29) is 6.10 Å². The number of aryl methyl sites for hydroxylation is 2. The minimum absolute atomic E-state index is 0.120. The summed E-state index contributed by atoms with van der Waals surface area (Å²) in [4.78, 5) is 4.43. The zero-order valence-electron chi connectivity index (χ0n) is 15.0. The molecule has 3 aromatic rings. The fourth-order valence-corrected chi connectivity index (χ4v) is 3.85. The van der Waals surface area contributed by atoms with Crippen molar-refractivity contribution in [1.29, 1.82) is 0 Å². The van der Waals surface area contributed by atoms with E-state index < -0.39 is 0 Å². The molecule has 1 aromatic carbocycles. The molecule has 2 aromatic heterocycles. The number of nitrogens with one attached hydrogen (secondary N) is 1. The van der Waals surface area contributed by atoms with Crippen LogP contribution in [0.25, 0.3) is 10.9 Å². The second-order valence-corrected chi connectivity index (χ2v) is 6.80. The molecule has 1 aliphatic rings.